The van der Waals surface area contributed by atoms with Gasteiger partial charge < -0.3 is 26.0 Å². The Labute approximate surface area is 208 Å². The van der Waals surface area contributed by atoms with E-state index in [0.29, 0.717) is 5.56 Å². The molecule has 194 valence electrons. The zero-order chi connectivity index (χ0) is 26.9. The first-order valence-corrected chi connectivity index (χ1v) is 11.7. The molecule has 9 nitrogen and oxygen atoms in total. The lowest BCUT2D eigenvalue weighted by Gasteiger charge is -2.35. The Bertz CT molecular complexity index is 936. The molecule has 9 heteroatoms. The zero-order valence-corrected chi connectivity index (χ0v) is 21.9. The van der Waals surface area contributed by atoms with Crippen molar-refractivity contribution < 1.29 is 23.9 Å². The van der Waals surface area contributed by atoms with E-state index in [9.17, 15) is 19.2 Å². The van der Waals surface area contributed by atoms with Gasteiger partial charge in [0.05, 0.1) is 0 Å². The first-order chi connectivity index (χ1) is 16.2. The second-order valence-corrected chi connectivity index (χ2v) is 9.91. The lowest BCUT2D eigenvalue weighted by atomic mass is 9.95. The van der Waals surface area contributed by atoms with Gasteiger partial charge in [0.15, 0.2) is 0 Å². The molecule has 0 fully saturated rings. The summed E-state index contributed by atoms with van der Waals surface area (Å²) >= 11 is 0. The van der Waals surface area contributed by atoms with Crippen LogP contribution in [-0.4, -0.2) is 52.9 Å². The maximum atomic E-state index is 13.8. The first kappa shape index (κ1) is 29.7. The summed E-state index contributed by atoms with van der Waals surface area (Å²) in [7, 11) is 0. The van der Waals surface area contributed by atoms with E-state index in [2.05, 4.69) is 17.2 Å². The largest absolute Gasteiger partial charge is 0.444 e. The number of amides is 4. The molecule has 0 aliphatic rings. The zero-order valence-electron chi connectivity index (χ0n) is 21.9. The van der Waals surface area contributed by atoms with Crippen LogP contribution in [0, 0.1) is 13.8 Å². The molecule has 0 aliphatic carbocycles. The number of hydrogen-bond donors (Lipinski definition) is 3. The number of rotatable bonds is 11. The number of nitrogens with two attached hydrogens (primary N) is 1. The van der Waals surface area contributed by atoms with Crippen LogP contribution in [0.1, 0.15) is 70.2 Å². The highest BCUT2D eigenvalue weighted by molar-refractivity contribution is 5.93. The predicted molar refractivity (Wildman–Crippen MR) is 135 cm³/mol. The standard InChI is InChI=1S/C26H40N4O5/c1-9-14-30(22(23(32)28-16(2)3)19-15-17(4)10-11-18(19)5)24(33)20(12-13-21(27)31)29-25(34)35-26(6,7)8/h9-11,15-16,20,22H,1,12-14H2,2-8H3,(H2,27,31)(H,28,32)(H,29,34). The van der Waals surface area contributed by atoms with Gasteiger partial charge in [0.25, 0.3) is 0 Å². The van der Waals surface area contributed by atoms with Crippen molar-refractivity contribution in [3.8, 4) is 0 Å². The predicted octanol–water partition coefficient (Wildman–Crippen LogP) is 3.04. The smallest absolute Gasteiger partial charge is 0.408 e. The number of ether oxygens (including phenoxy) is 1. The van der Waals surface area contributed by atoms with Crippen LogP contribution in [-0.2, 0) is 19.1 Å². The van der Waals surface area contributed by atoms with Crippen LogP contribution in [0.2, 0.25) is 0 Å². The van der Waals surface area contributed by atoms with E-state index in [-0.39, 0.29) is 31.3 Å². The van der Waals surface area contributed by atoms with Crippen molar-refractivity contribution >= 4 is 23.8 Å². The van der Waals surface area contributed by atoms with Crippen molar-refractivity contribution in [1.29, 1.82) is 0 Å². The highest BCUT2D eigenvalue weighted by Crippen LogP contribution is 2.27. The number of nitrogens with zero attached hydrogens (tertiary/aromatic N) is 1. The highest BCUT2D eigenvalue weighted by Gasteiger charge is 2.36. The van der Waals surface area contributed by atoms with Crippen LogP contribution in [0.15, 0.2) is 30.9 Å². The van der Waals surface area contributed by atoms with Gasteiger partial charge in [-0.25, -0.2) is 4.79 Å². The molecular weight excluding hydrogens is 448 g/mol. The van der Waals surface area contributed by atoms with Gasteiger partial charge in [-0.1, -0.05) is 29.8 Å². The fourth-order valence-electron chi connectivity index (χ4n) is 3.52. The van der Waals surface area contributed by atoms with Crippen molar-refractivity contribution in [2.24, 2.45) is 5.73 Å². The maximum absolute atomic E-state index is 13.8. The topological polar surface area (TPSA) is 131 Å². The number of carbonyl (C=O) groups excluding carboxylic acids is 4. The summed E-state index contributed by atoms with van der Waals surface area (Å²) in [6.07, 6.45) is 0.512. The van der Waals surface area contributed by atoms with Crippen molar-refractivity contribution in [3.05, 3.63) is 47.5 Å². The van der Waals surface area contributed by atoms with Crippen LogP contribution in [0.4, 0.5) is 4.79 Å². The minimum atomic E-state index is -1.14. The SMILES string of the molecule is C=CCN(C(=O)C(CCC(N)=O)NC(=O)OC(C)(C)C)C(C(=O)NC(C)C)c1cc(C)ccc1C. The quantitative estimate of drug-likeness (QED) is 0.412. The van der Waals surface area contributed by atoms with Crippen LogP contribution in [0.5, 0.6) is 0 Å². The van der Waals surface area contributed by atoms with E-state index in [1.165, 1.54) is 11.0 Å². The molecule has 0 heterocycles. The van der Waals surface area contributed by atoms with Gasteiger partial charge in [0.2, 0.25) is 17.7 Å². The maximum Gasteiger partial charge on any atom is 0.408 e. The number of primary amides is 1. The third-order valence-corrected chi connectivity index (χ3v) is 5.00. The molecule has 4 N–H and O–H groups in total. The highest BCUT2D eigenvalue weighted by atomic mass is 16.6. The molecule has 0 bridgehead atoms. The summed E-state index contributed by atoms with van der Waals surface area (Å²) in [6, 6.07) is 3.39. The van der Waals surface area contributed by atoms with E-state index in [4.69, 9.17) is 10.5 Å². The second-order valence-electron chi connectivity index (χ2n) is 9.91. The van der Waals surface area contributed by atoms with Gasteiger partial charge in [0, 0.05) is 19.0 Å². The molecule has 2 atom stereocenters. The number of benzene rings is 1. The lowest BCUT2D eigenvalue weighted by Crippen LogP contribution is -2.53. The molecule has 0 aliphatic heterocycles. The minimum absolute atomic E-state index is 0.0332. The minimum Gasteiger partial charge on any atom is -0.444 e. The third-order valence-electron chi connectivity index (χ3n) is 5.00. The summed E-state index contributed by atoms with van der Waals surface area (Å²) in [4.78, 5) is 52.6. The monoisotopic (exact) mass is 488 g/mol. The van der Waals surface area contributed by atoms with Crippen LogP contribution in [0.25, 0.3) is 0 Å². The van der Waals surface area contributed by atoms with E-state index >= 15 is 0 Å². The van der Waals surface area contributed by atoms with Gasteiger partial charge in [0.1, 0.15) is 17.7 Å². The van der Waals surface area contributed by atoms with E-state index in [0.717, 1.165) is 11.1 Å². The molecule has 1 aromatic carbocycles. The van der Waals surface area contributed by atoms with Gasteiger partial charge in [-0.2, -0.15) is 0 Å². The Kier molecular flexibility index (Phi) is 11.0. The van der Waals surface area contributed by atoms with Crippen molar-refractivity contribution in [3.63, 3.8) is 0 Å². The van der Waals surface area contributed by atoms with Gasteiger partial charge in [-0.15, -0.1) is 6.58 Å². The number of carbonyl (C=O) groups is 4. The van der Waals surface area contributed by atoms with Crippen LogP contribution >= 0.6 is 0 Å². The molecule has 0 saturated carbocycles. The third kappa shape index (κ3) is 9.80. The normalized spacial score (nSPS) is 12.9. The molecule has 1 rings (SSSR count). The molecule has 1 aromatic rings. The summed E-state index contributed by atoms with van der Waals surface area (Å²) in [6.45, 7) is 16.3. The van der Waals surface area contributed by atoms with Crippen LogP contribution < -0.4 is 16.4 Å². The van der Waals surface area contributed by atoms with Gasteiger partial charge in [-0.3, -0.25) is 14.4 Å². The number of aryl methyl sites for hydroxylation is 2. The first-order valence-electron chi connectivity index (χ1n) is 11.7. The number of nitrogens with one attached hydrogen (secondary N) is 2. The Balaban J connectivity index is 3.52. The summed E-state index contributed by atoms with van der Waals surface area (Å²) in [5.41, 5.74) is 6.93. The van der Waals surface area contributed by atoms with Crippen molar-refractivity contribution in [2.75, 3.05) is 6.54 Å². The fraction of sp³-hybridized carbons (Fsp3) is 0.538. The Morgan fingerprint density at radius 1 is 1.14 bits per heavy atom. The average molecular weight is 489 g/mol. The second kappa shape index (κ2) is 12.9. The van der Waals surface area contributed by atoms with Crippen LogP contribution in [0.3, 0.4) is 0 Å². The molecule has 35 heavy (non-hydrogen) atoms. The summed E-state index contributed by atoms with van der Waals surface area (Å²) in [5.74, 6) is -1.54. The van der Waals surface area contributed by atoms with E-state index in [1.54, 1.807) is 20.8 Å². The molecule has 2 unspecified atom stereocenters. The Morgan fingerprint density at radius 2 is 1.77 bits per heavy atom. The number of alkyl carbamates (subject to hydrolysis) is 1. The lowest BCUT2D eigenvalue weighted by molar-refractivity contribution is -0.142. The molecular formula is C26H40N4O5. The molecule has 0 aromatic heterocycles. The van der Waals surface area contributed by atoms with E-state index < -0.39 is 35.6 Å². The summed E-state index contributed by atoms with van der Waals surface area (Å²) in [5, 5.41) is 5.44. The fourth-order valence-corrected chi connectivity index (χ4v) is 3.52. The summed E-state index contributed by atoms with van der Waals surface area (Å²) < 4.78 is 5.31. The Morgan fingerprint density at radius 3 is 2.29 bits per heavy atom. The van der Waals surface area contributed by atoms with E-state index in [1.807, 2.05) is 45.9 Å². The average Bonchev–Trinajstić information content (AvgIpc) is 2.70. The van der Waals surface area contributed by atoms with Gasteiger partial charge >= 0.3 is 6.09 Å². The molecule has 4 amide bonds. The molecule has 0 saturated heterocycles. The molecule has 0 spiro atoms. The van der Waals surface area contributed by atoms with Gasteiger partial charge in [-0.05, 0) is 66.0 Å². The van der Waals surface area contributed by atoms with Crippen molar-refractivity contribution in [1.82, 2.24) is 15.5 Å². The molecule has 0 radical (unpaired) electrons. The van der Waals surface area contributed by atoms with Crippen molar-refractivity contribution in [2.45, 2.75) is 85.0 Å². The number of hydrogen-bond acceptors (Lipinski definition) is 5. The Hall–Kier alpha value is -3.36.